The van der Waals surface area contributed by atoms with E-state index in [0.717, 1.165) is 5.69 Å². The minimum Gasteiger partial charge on any atom is -0.493 e. The van der Waals surface area contributed by atoms with E-state index in [1.807, 2.05) is 0 Å². The lowest BCUT2D eigenvalue weighted by Gasteiger charge is -2.09. The molecule has 2 rings (SSSR count). The van der Waals surface area contributed by atoms with Gasteiger partial charge in [0.25, 0.3) is 0 Å². The van der Waals surface area contributed by atoms with Crippen molar-refractivity contribution in [3.8, 4) is 11.5 Å². The molecule has 16 heavy (non-hydrogen) atoms. The summed E-state index contributed by atoms with van der Waals surface area (Å²) >= 11 is 0. The standard InChI is InChI=1S/C12H11N2O2/c1-15-11-4-2-3-5-12(11)16-9-10-8-13-6-7-14-10/h3-8H,9H2,1H3. The smallest absolute Gasteiger partial charge is 0.161 e. The van der Waals surface area contributed by atoms with Gasteiger partial charge in [-0.05, 0) is 18.2 Å². The van der Waals surface area contributed by atoms with Gasteiger partial charge in [-0.3, -0.25) is 9.97 Å². The van der Waals surface area contributed by atoms with Gasteiger partial charge in [0.05, 0.1) is 19.0 Å². The predicted octanol–water partition coefficient (Wildman–Crippen LogP) is 1.86. The van der Waals surface area contributed by atoms with Crippen LogP contribution in [0.15, 0.2) is 36.8 Å². The van der Waals surface area contributed by atoms with Crippen molar-refractivity contribution in [3.05, 3.63) is 48.5 Å². The van der Waals surface area contributed by atoms with Crippen molar-refractivity contribution >= 4 is 0 Å². The molecule has 0 aliphatic rings. The molecule has 1 aromatic heterocycles. The maximum Gasteiger partial charge on any atom is 0.161 e. The van der Waals surface area contributed by atoms with Crippen molar-refractivity contribution in [1.82, 2.24) is 9.97 Å². The van der Waals surface area contributed by atoms with E-state index in [9.17, 15) is 0 Å². The minimum atomic E-state index is 0.369. The Morgan fingerprint density at radius 1 is 1.31 bits per heavy atom. The Hall–Kier alpha value is -2.10. The first-order valence-corrected chi connectivity index (χ1v) is 4.82. The van der Waals surface area contributed by atoms with Crippen molar-refractivity contribution in [2.45, 2.75) is 6.61 Å². The number of rotatable bonds is 4. The number of hydrogen-bond donors (Lipinski definition) is 0. The highest BCUT2D eigenvalue weighted by molar-refractivity contribution is 5.38. The first-order valence-electron chi connectivity index (χ1n) is 4.82. The molecule has 81 valence electrons. The molecule has 2 aromatic rings. The fourth-order valence-corrected chi connectivity index (χ4v) is 1.24. The van der Waals surface area contributed by atoms with E-state index >= 15 is 0 Å². The summed E-state index contributed by atoms with van der Waals surface area (Å²) in [5.41, 5.74) is 0.775. The topological polar surface area (TPSA) is 44.2 Å². The molecule has 0 bridgehead atoms. The number of aromatic nitrogens is 2. The molecule has 4 nitrogen and oxygen atoms in total. The zero-order chi connectivity index (χ0) is 11.2. The zero-order valence-electron chi connectivity index (χ0n) is 8.88. The van der Waals surface area contributed by atoms with Gasteiger partial charge in [0.15, 0.2) is 11.5 Å². The fourth-order valence-electron chi connectivity index (χ4n) is 1.24. The molecule has 0 N–H and O–H groups in total. The molecule has 0 spiro atoms. The summed E-state index contributed by atoms with van der Waals surface area (Å²) < 4.78 is 10.7. The molecule has 0 atom stereocenters. The van der Waals surface area contributed by atoms with E-state index in [1.165, 1.54) is 0 Å². The van der Waals surface area contributed by atoms with Gasteiger partial charge in [-0.15, -0.1) is 0 Å². The summed E-state index contributed by atoms with van der Waals surface area (Å²) in [4.78, 5) is 8.07. The van der Waals surface area contributed by atoms with Crippen LogP contribution in [0.2, 0.25) is 0 Å². The van der Waals surface area contributed by atoms with Crippen LogP contribution in [0.5, 0.6) is 11.5 Å². The molecule has 0 saturated heterocycles. The third kappa shape index (κ3) is 2.48. The van der Waals surface area contributed by atoms with Crippen LogP contribution in [0.4, 0.5) is 0 Å². The van der Waals surface area contributed by atoms with Crippen LogP contribution in [-0.2, 0) is 6.61 Å². The van der Waals surface area contributed by atoms with Gasteiger partial charge in [-0.2, -0.15) is 0 Å². The van der Waals surface area contributed by atoms with Gasteiger partial charge in [0, 0.05) is 12.4 Å². The average Bonchev–Trinajstić information content (AvgIpc) is 2.38. The summed E-state index contributed by atoms with van der Waals surface area (Å²) in [6.07, 6.45) is 4.93. The third-order valence-corrected chi connectivity index (χ3v) is 2.00. The van der Waals surface area contributed by atoms with E-state index in [-0.39, 0.29) is 0 Å². The average molecular weight is 215 g/mol. The van der Waals surface area contributed by atoms with Crippen molar-refractivity contribution < 1.29 is 9.47 Å². The summed E-state index contributed by atoms with van der Waals surface area (Å²) in [5.74, 6) is 1.33. The lowest BCUT2D eigenvalue weighted by molar-refractivity contribution is 0.280. The Labute approximate surface area is 93.9 Å². The van der Waals surface area contributed by atoms with E-state index < -0.39 is 0 Å². The largest absolute Gasteiger partial charge is 0.493 e. The van der Waals surface area contributed by atoms with E-state index in [0.29, 0.717) is 18.1 Å². The van der Waals surface area contributed by atoms with Crippen molar-refractivity contribution in [3.63, 3.8) is 0 Å². The summed E-state index contributed by atoms with van der Waals surface area (Å²) in [7, 11) is 1.60. The highest BCUT2D eigenvalue weighted by atomic mass is 16.5. The van der Waals surface area contributed by atoms with E-state index in [2.05, 4.69) is 16.0 Å². The van der Waals surface area contributed by atoms with Crippen molar-refractivity contribution in [1.29, 1.82) is 0 Å². The summed E-state index contributed by atoms with van der Waals surface area (Å²) in [6, 6.07) is 8.22. The summed E-state index contributed by atoms with van der Waals surface area (Å²) in [5, 5.41) is 0. The van der Waals surface area contributed by atoms with Crippen LogP contribution in [-0.4, -0.2) is 17.1 Å². The number of methoxy groups -OCH3 is 1. The Kier molecular flexibility index (Phi) is 3.33. The Morgan fingerprint density at radius 3 is 3.00 bits per heavy atom. The molecule has 1 radical (unpaired) electrons. The van der Waals surface area contributed by atoms with E-state index in [4.69, 9.17) is 9.47 Å². The quantitative estimate of drug-likeness (QED) is 0.780. The maximum atomic E-state index is 5.57. The second-order valence-corrected chi connectivity index (χ2v) is 3.06. The Bertz CT molecular complexity index is 446. The molecule has 0 saturated carbocycles. The van der Waals surface area contributed by atoms with E-state index in [1.54, 1.807) is 43.9 Å². The number of ether oxygens (including phenoxy) is 2. The molecule has 4 heteroatoms. The highest BCUT2D eigenvalue weighted by Gasteiger charge is 2.03. The van der Waals surface area contributed by atoms with Crippen molar-refractivity contribution in [2.75, 3.05) is 7.11 Å². The Morgan fingerprint density at radius 2 is 2.25 bits per heavy atom. The van der Waals surface area contributed by atoms with Crippen LogP contribution < -0.4 is 9.47 Å². The lowest BCUT2D eigenvalue weighted by atomic mass is 10.3. The molecule has 1 aromatic carbocycles. The van der Waals surface area contributed by atoms with Crippen LogP contribution in [0, 0.1) is 6.07 Å². The monoisotopic (exact) mass is 215 g/mol. The van der Waals surface area contributed by atoms with Gasteiger partial charge in [0.1, 0.15) is 6.61 Å². The van der Waals surface area contributed by atoms with Crippen molar-refractivity contribution in [2.24, 2.45) is 0 Å². The van der Waals surface area contributed by atoms with Crippen LogP contribution >= 0.6 is 0 Å². The van der Waals surface area contributed by atoms with Gasteiger partial charge < -0.3 is 9.47 Å². The molecule has 0 unspecified atom stereocenters. The van der Waals surface area contributed by atoms with Gasteiger partial charge in [-0.1, -0.05) is 6.07 Å². The highest BCUT2D eigenvalue weighted by Crippen LogP contribution is 2.25. The number of nitrogens with zero attached hydrogens (tertiary/aromatic N) is 2. The van der Waals surface area contributed by atoms with Gasteiger partial charge in [-0.25, -0.2) is 0 Å². The van der Waals surface area contributed by atoms with Gasteiger partial charge in [0.2, 0.25) is 0 Å². The predicted molar refractivity (Wildman–Crippen MR) is 58.2 cm³/mol. The molecular formula is C12H11N2O2. The second kappa shape index (κ2) is 5.11. The van der Waals surface area contributed by atoms with Gasteiger partial charge >= 0.3 is 0 Å². The third-order valence-electron chi connectivity index (χ3n) is 2.00. The molecule has 0 aliphatic carbocycles. The first-order chi connectivity index (χ1) is 7.90. The fraction of sp³-hybridized carbons (Fsp3) is 0.167. The molecule has 0 amide bonds. The lowest BCUT2D eigenvalue weighted by Crippen LogP contribution is -1.99. The molecule has 0 fully saturated rings. The molecule has 0 aliphatic heterocycles. The second-order valence-electron chi connectivity index (χ2n) is 3.06. The maximum absolute atomic E-state index is 5.57. The SMILES string of the molecule is COc1c[c]ccc1OCc1cnccn1. The number of benzene rings is 1. The normalized spacial score (nSPS) is 9.81. The minimum absolute atomic E-state index is 0.369. The first kappa shape index (κ1) is 10.4. The molecular weight excluding hydrogens is 204 g/mol. The van der Waals surface area contributed by atoms with Crippen LogP contribution in [0.1, 0.15) is 5.69 Å². The zero-order valence-corrected chi connectivity index (χ0v) is 8.88. The molecule has 1 heterocycles. The number of hydrogen-bond acceptors (Lipinski definition) is 4. The summed E-state index contributed by atoms with van der Waals surface area (Å²) in [6.45, 7) is 0.369. The van der Waals surface area contributed by atoms with Crippen LogP contribution in [0.25, 0.3) is 0 Å². The van der Waals surface area contributed by atoms with Crippen LogP contribution in [0.3, 0.4) is 0 Å². The Balaban J connectivity index is 2.05.